The van der Waals surface area contributed by atoms with Crippen LogP contribution in [0.3, 0.4) is 0 Å². The monoisotopic (exact) mass is 480 g/mol. The Morgan fingerprint density at radius 1 is 1.12 bits per heavy atom. The Morgan fingerprint density at radius 2 is 1.71 bits per heavy atom. The third-order valence-electron chi connectivity index (χ3n) is 5.79. The van der Waals surface area contributed by atoms with Crippen LogP contribution in [-0.2, 0) is 19.1 Å². The number of piperidine rings is 1. The summed E-state index contributed by atoms with van der Waals surface area (Å²) in [5.41, 5.74) is -1.43. The van der Waals surface area contributed by atoms with Gasteiger partial charge in [0.1, 0.15) is 11.4 Å². The number of methoxy groups -OCH3 is 1. The first-order valence-electron chi connectivity index (χ1n) is 11.5. The van der Waals surface area contributed by atoms with Gasteiger partial charge in [0.25, 0.3) is 0 Å². The maximum absolute atomic E-state index is 14.9. The van der Waals surface area contributed by atoms with E-state index in [0.717, 1.165) is 0 Å². The number of carbonyl (C=O) groups excluding carboxylic acids is 3. The molecule has 190 valence electrons. The largest absolute Gasteiger partial charge is 0.469 e. The zero-order valence-electron chi connectivity index (χ0n) is 21.1. The van der Waals surface area contributed by atoms with E-state index in [9.17, 15) is 23.9 Å². The van der Waals surface area contributed by atoms with Gasteiger partial charge in [-0.1, -0.05) is 26.8 Å². The maximum Gasteiger partial charge on any atom is 0.410 e. The van der Waals surface area contributed by atoms with E-state index in [1.165, 1.54) is 25.3 Å². The van der Waals surface area contributed by atoms with Crippen molar-refractivity contribution in [3.05, 3.63) is 29.6 Å². The molecule has 1 aromatic rings. The highest BCUT2D eigenvalue weighted by atomic mass is 19.1. The van der Waals surface area contributed by atoms with Gasteiger partial charge >= 0.3 is 12.1 Å². The molecular weight excluding hydrogens is 443 g/mol. The van der Waals surface area contributed by atoms with Gasteiger partial charge in [-0.15, -0.1) is 0 Å². The normalized spacial score (nSPS) is 17.0. The molecule has 0 radical (unpaired) electrons. The second-order valence-corrected chi connectivity index (χ2v) is 10.7. The van der Waals surface area contributed by atoms with E-state index in [-0.39, 0.29) is 23.1 Å². The molecule has 0 bridgehead atoms. The van der Waals surface area contributed by atoms with Gasteiger partial charge in [-0.05, 0) is 51.7 Å². The fraction of sp³-hybridized carbons (Fsp3) is 0.640. The van der Waals surface area contributed by atoms with Crippen LogP contribution in [0.5, 0.6) is 0 Å². The molecule has 1 heterocycles. The maximum atomic E-state index is 14.9. The van der Waals surface area contributed by atoms with Gasteiger partial charge in [-0.2, -0.15) is 0 Å². The Bertz CT molecular complexity index is 898. The van der Waals surface area contributed by atoms with Gasteiger partial charge in [-0.3, -0.25) is 9.59 Å². The molecule has 2 rings (SSSR count). The molecule has 1 aromatic carbocycles. The molecule has 0 unspecified atom stereocenters. The van der Waals surface area contributed by atoms with Crippen molar-refractivity contribution in [3.63, 3.8) is 0 Å². The van der Waals surface area contributed by atoms with Crippen molar-refractivity contribution >= 4 is 23.7 Å². The van der Waals surface area contributed by atoms with E-state index in [2.05, 4.69) is 5.32 Å². The summed E-state index contributed by atoms with van der Waals surface area (Å²) in [6.45, 7) is 11.1. The number of hydrogen-bond donors (Lipinski definition) is 2. The van der Waals surface area contributed by atoms with Gasteiger partial charge in [0, 0.05) is 29.8 Å². The molecule has 1 aliphatic heterocycles. The summed E-state index contributed by atoms with van der Waals surface area (Å²) in [5, 5.41) is 13.9. The molecule has 0 spiro atoms. The number of nitrogens with zero attached hydrogens (tertiary/aromatic N) is 1. The highest BCUT2D eigenvalue weighted by Gasteiger charge is 2.41. The van der Waals surface area contributed by atoms with E-state index in [4.69, 9.17) is 9.47 Å². The number of esters is 1. The highest BCUT2D eigenvalue weighted by molar-refractivity contribution is 5.95. The topological polar surface area (TPSA) is 105 Å². The molecular formula is C25H37FN2O6. The van der Waals surface area contributed by atoms with Crippen molar-refractivity contribution in [1.82, 2.24) is 4.90 Å². The highest BCUT2D eigenvalue weighted by Crippen LogP contribution is 2.39. The predicted octanol–water partition coefficient (Wildman–Crippen LogP) is 4.28. The van der Waals surface area contributed by atoms with Crippen LogP contribution in [0.1, 0.15) is 66.1 Å². The van der Waals surface area contributed by atoms with Crippen molar-refractivity contribution in [1.29, 1.82) is 0 Å². The molecule has 0 aromatic heterocycles. The van der Waals surface area contributed by atoms with Crippen LogP contribution in [0.2, 0.25) is 0 Å². The minimum Gasteiger partial charge on any atom is -0.469 e. The Kier molecular flexibility index (Phi) is 8.69. The van der Waals surface area contributed by atoms with E-state index >= 15 is 0 Å². The van der Waals surface area contributed by atoms with Crippen molar-refractivity contribution in [2.45, 2.75) is 66.1 Å². The number of hydrogen-bond acceptors (Lipinski definition) is 6. The van der Waals surface area contributed by atoms with Crippen LogP contribution in [-0.4, -0.2) is 53.8 Å². The lowest BCUT2D eigenvalue weighted by atomic mass is 9.78. The number of aliphatic hydroxyl groups is 1. The second kappa shape index (κ2) is 10.7. The number of rotatable bonds is 5. The lowest BCUT2D eigenvalue weighted by Gasteiger charge is -2.37. The number of nitrogens with one attached hydrogen (secondary N) is 1. The van der Waals surface area contributed by atoms with Crippen LogP contribution >= 0.6 is 0 Å². The summed E-state index contributed by atoms with van der Waals surface area (Å²) in [5.74, 6) is -3.22. The van der Waals surface area contributed by atoms with Crippen molar-refractivity contribution in [2.24, 2.45) is 17.3 Å². The summed E-state index contributed by atoms with van der Waals surface area (Å²) in [7, 11) is 1.21. The third kappa shape index (κ3) is 6.91. The first-order chi connectivity index (χ1) is 15.7. The van der Waals surface area contributed by atoms with Gasteiger partial charge in [0.2, 0.25) is 5.91 Å². The predicted molar refractivity (Wildman–Crippen MR) is 125 cm³/mol. The van der Waals surface area contributed by atoms with Crippen molar-refractivity contribution in [3.8, 4) is 0 Å². The number of anilines is 1. The van der Waals surface area contributed by atoms with Crippen LogP contribution < -0.4 is 5.32 Å². The zero-order chi connectivity index (χ0) is 25.8. The van der Waals surface area contributed by atoms with E-state index in [1.807, 2.05) is 0 Å². The standard InChI is InChI=1S/C25H37FN2O6/c1-24(2,3)22(31)27-17-10-8-9-16(26)19(17)20(29)18(21(30)33-7)15-11-13-28(14-12-15)23(32)34-25(4,5)6/h8-10,15,18,20,29H,11-14H2,1-7H3,(H,27,31)/t18-,20-/m1/s1. The lowest BCUT2D eigenvalue weighted by molar-refractivity contribution is -0.153. The smallest absolute Gasteiger partial charge is 0.410 e. The van der Waals surface area contributed by atoms with E-state index in [0.29, 0.717) is 25.9 Å². The number of ether oxygens (including phenoxy) is 2. The molecule has 9 heteroatoms. The summed E-state index contributed by atoms with van der Waals surface area (Å²) in [6, 6.07) is 4.09. The Hall–Kier alpha value is -2.68. The molecule has 1 saturated heterocycles. The zero-order valence-corrected chi connectivity index (χ0v) is 21.1. The molecule has 34 heavy (non-hydrogen) atoms. The first kappa shape index (κ1) is 27.6. The van der Waals surface area contributed by atoms with Crippen molar-refractivity contribution < 1.29 is 33.4 Å². The van der Waals surface area contributed by atoms with Crippen LogP contribution in [0, 0.1) is 23.1 Å². The lowest BCUT2D eigenvalue weighted by Crippen LogP contribution is -2.44. The number of likely N-dealkylation sites (tertiary alicyclic amines) is 1. The molecule has 0 saturated carbocycles. The van der Waals surface area contributed by atoms with Crippen LogP contribution in [0.25, 0.3) is 0 Å². The summed E-state index contributed by atoms with van der Waals surface area (Å²) in [6.07, 6.45) is -1.20. The van der Waals surface area contributed by atoms with E-state index < -0.39 is 40.9 Å². The molecule has 1 aliphatic rings. The summed E-state index contributed by atoms with van der Waals surface area (Å²) in [4.78, 5) is 39.2. The van der Waals surface area contributed by atoms with Gasteiger partial charge in [0.05, 0.1) is 19.1 Å². The quantitative estimate of drug-likeness (QED) is 0.610. The summed E-state index contributed by atoms with van der Waals surface area (Å²) < 4.78 is 25.3. The number of benzene rings is 1. The SMILES string of the molecule is COC(=O)[C@H](C1CCN(C(=O)OC(C)(C)C)CC1)[C@@H](O)c1c(F)cccc1NC(=O)C(C)(C)C. The average Bonchev–Trinajstić information content (AvgIpc) is 2.72. The van der Waals surface area contributed by atoms with Crippen molar-refractivity contribution in [2.75, 3.05) is 25.5 Å². The number of carbonyl (C=O) groups is 3. The molecule has 2 amide bonds. The van der Waals surface area contributed by atoms with Crippen LogP contribution in [0.4, 0.5) is 14.9 Å². The molecule has 0 aliphatic carbocycles. The third-order valence-corrected chi connectivity index (χ3v) is 5.79. The Labute approximate surface area is 200 Å². The van der Waals surface area contributed by atoms with E-state index in [1.54, 1.807) is 46.4 Å². The fourth-order valence-corrected chi connectivity index (χ4v) is 3.92. The Balaban J connectivity index is 2.28. The number of amides is 2. The average molecular weight is 481 g/mol. The molecule has 8 nitrogen and oxygen atoms in total. The number of aliphatic hydroxyl groups excluding tert-OH is 1. The Morgan fingerprint density at radius 3 is 2.21 bits per heavy atom. The first-order valence-corrected chi connectivity index (χ1v) is 11.5. The van der Waals surface area contributed by atoms with Gasteiger partial charge in [-0.25, -0.2) is 9.18 Å². The number of halogens is 1. The summed E-state index contributed by atoms with van der Waals surface area (Å²) >= 11 is 0. The second-order valence-electron chi connectivity index (χ2n) is 10.7. The molecule has 2 atom stereocenters. The molecule has 2 N–H and O–H groups in total. The van der Waals surface area contributed by atoms with Crippen LogP contribution in [0.15, 0.2) is 18.2 Å². The minimum absolute atomic E-state index is 0.104. The molecule has 1 fully saturated rings. The van der Waals surface area contributed by atoms with Gasteiger partial charge in [0.15, 0.2) is 0 Å². The minimum atomic E-state index is -1.55. The fourth-order valence-electron chi connectivity index (χ4n) is 3.92. The van der Waals surface area contributed by atoms with Gasteiger partial charge < -0.3 is 24.8 Å².